The average Bonchev–Trinajstić information content (AvgIpc) is 3.04. The molecule has 230 valence electrons. The minimum Gasteiger partial charge on any atom is -0.493 e. The molecule has 0 saturated carbocycles. The summed E-state index contributed by atoms with van der Waals surface area (Å²) in [6.07, 6.45) is 5.01. The van der Waals surface area contributed by atoms with E-state index >= 15 is 4.39 Å². The van der Waals surface area contributed by atoms with Gasteiger partial charge in [-0.1, -0.05) is 43.3 Å². The normalized spacial score (nSPS) is 14.4. The zero-order valence-corrected chi connectivity index (χ0v) is 25.5. The van der Waals surface area contributed by atoms with Crippen LogP contribution in [0.4, 0.5) is 4.39 Å². The van der Waals surface area contributed by atoms with Gasteiger partial charge >= 0.3 is 0 Å². The van der Waals surface area contributed by atoms with Gasteiger partial charge in [-0.15, -0.1) is 0 Å². The molecule has 0 unspecified atom stereocenters. The van der Waals surface area contributed by atoms with Gasteiger partial charge in [0.2, 0.25) is 5.91 Å². The number of carbonyl (C=O) groups is 1. The quantitative estimate of drug-likeness (QED) is 0.110. The van der Waals surface area contributed by atoms with Crippen LogP contribution in [-0.4, -0.2) is 54.9 Å². The van der Waals surface area contributed by atoms with Crippen molar-refractivity contribution in [2.45, 2.75) is 39.5 Å². The molecule has 1 fully saturated rings. The molecular formula is C35H39FN4O4. The Balaban J connectivity index is 1.21. The van der Waals surface area contributed by atoms with E-state index in [-0.39, 0.29) is 18.1 Å². The van der Waals surface area contributed by atoms with Crippen molar-refractivity contribution in [3.8, 4) is 23.0 Å². The van der Waals surface area contributed by atoms with Crippen molar-refractivity contribution >= 4 is 22.5 Å². The van der Waals surface area contributed by atoms with Gasteiger partial charge in [0.15, 0.2) is 23.1 Å². The number of nitrogens with one attached hydrogen (secondary N) is 1. The van der Waals surface area contributed by atoms with Crippen LogP contribution in [0.2, 0.25) is 0 Å². The third kappa shape index (κ3) is 8.11. The summed E-state index contributed by atoms with van der Waals surface area (Å²) in [7, 11) is 1.59. The Morgan fingerprint density at radius 1 is 1.02 bits per heavy atom. The summed E-state index contributed by atoms with van der Waals surface area (Å²) in [4.78, 5) is 19.4. The molecule has 0 spiro atoms. The molecule has 1 saturated heterocycles. The lowest BCUT2D eigenvalue weighted by atomic mass is 9.99. The van der Waals surface area contributed by atoms with Gasteiger partial charge in [0, 0.05) is 24.2 Å². The van der Waals surface area contributed by atoms with E-state index in [9.17, 15) is 4.79 Å². The molecule has 1 amide bonds. The summed E-state index contributed by atoms with van der Waals surface area (Å²) in [6, 6.07) is 19.3. The van der Waals surface area contributed by atoms with E-state index in [1.807, 2.05) is 43.3 Å². The zero-order valence-electron chi connectivity index (χ0n) is 25.5. The molecule has 5 rings (SSSR count). The topological polar surface area (TPSA) is 85.3 Å². The van der Waals surface area contributed by atoms with E-state index in [0.717, 1.165) is 37.5 Å². The number of piperidine rings is 1. The number of ether oxygens (including phenoxy) is 3. The molecule has 0 aliphatic carbocycles. The van der Waals surface area contributed by atoms with E-state index in [0.29, 0.717) is 46.0 Å². The molecule has 0 radical (unpaired) electrons. The highest BCUT2D eigenvalue weighted by Gasteiger charge is 2.17. The van der Waals surface area contributed by atoms with Crippen molar-refractivity contribution in [1.82, 2.24) is 15.3 Å². The first kappa shape index (κ1) is 30.9. The smallest absolute Gasteiger partial charge is 0.244 e. The van der Waals surface area contributed by atoms with E-state index in [4.69, 9.17) is 14.2 Å². The van der Waals surface area contributed by atoms with Crippen LogP contribution >= 0.6 is 0 Å². The molecule has 2 heterocycles. The van der Waals surface area contributed by atoms with Crippen LogP contribution in [0.15, 0.2) is 78.0 Å². The van der Waals surface area contributed by atoms with Gasteiger partial charge in [-0.05, 0) is 80.6 Å². The van der Waals surface area contributed by atoms with Crippen molar-refractivity contribution < 1.29 is 23.4 Å². The fourth-order valence-corrected chi connectivity index (χ4v) is 5.22. The number of carbonyl (C=O) groups excluding carboxylic acids is 1. The maximum atomic E-state index is 15.1. The Morgan fingerprint density at radius 3 is 2.57 bits per heavy atom. The van der Waals surface area contributed by atoms with Gasteiger partial charge in [-0.2, -0.15) is 5.10 Å². The predicted molar refractivity (Wildman–Crippen MR) is 170 cm³/mol. The van der Waals surface area contributed by atoms with Gasteiger partial charge in [0.25, 0.3) is 0 Å². The number of amides is 1. The van der Waals surface area contributed by atoms with Crippen LogP contribution < -0.4 is 19.6 Å². The van der Waals surface area contributed by atoms with E-state index in [1.165, 1.54) is 25.0 Å². The van der Waals surface area contributed by atoms with Gasteiger partial charge in [-0.3, -0.25) is 9.78 Å². The van der Waals surface area contributed by atoms with E-state index in [1.54, 1.807) is 31.5 Å². The summed E-state index contributed by atoms with van der Waals surface area (Å²) in [5.41, 5.74) is 5.26. The first-order valence-electron chi connectivity index (χ1n) is 15.1. The highest BCUT2D eigenvalue weighted by molar-refractivity contribution is 5.99. The molecule has 3 aromatic carbocycles. The maximum absolute atomic E-state index is 15.1. The van der Waals surface area contributed by atoms with Crippen molar-refractivity contribution in [3.63, 3.8) is 0 Å². The Hall–Kier alpha value is -4.50. The monoisotopic (exact) mass is 598 g/mol. The second-order valence-corrected chi connectivity index (χ2v) is 11.2. The minimum absolute atomic E-state index is 0.0296. The molecular weight excluding hydrogens is 559 g/mol. The number of hydrogen-bond acceptors (Lipinski definition) is 7. The number of hydrazone groups is 1. The number of rotatable bonds is 12. The second-order valence-electron chi connectivity index (χ2n) is 11.2. The largest absolute Gasteiger partial charge is 0.493 e. The summed E-state index contributed by atoms with van der Waals surface area (Å²) in [5, 5.41) is 4.81. The van der Waals surface area contributed by atoms with Gasteiger partial charge in [0.1, 0.15) is 5.75 Å². The molecule has 0 bridgehead atoms. The highest BCUT2D eigenvalue weighted by Crippen LogP contribution is 2.37. The number of pyridine rings is 1. The van der Waals surface area contributed by atoms with Gasteiger partial charge in [-0.25, -0.2) is 9.82 Å². The Bertz CT molecular complexity index is 1600. The molecule has 4 aromatic rings. The summed E-state index contributed by atoms with van der Waals surface area (Å²) >= 11 is 0. The fraction of sp³-hybridized carbons (Fsp3) is 0.343. The predicted octanol–water partition coefficient (Wildman–Crippen LogP) is 6.76. The molecule has 1 aliphatic rings. The first-order chi connectivity index (χ1) is 21.4. The SMILES string of the molecule is COc1cc2c(Oc3ccc(CC(=O)N/N=C(/C)c4ccccc4)cc3F)ccnc2cc1OCCCN1CCC(C)CC1. The third-order valence-corrected chi connectivity index (χ3v) is 7.86. The van der Waals surface area contributed by atoms with Crippen LogP contribution in [0.1, 0.15) is 44.2 Å². The maximum Gasteiger partial charge on any atom is 0.244 e. The summed E-state index contributed by atoms with van der Waals surface area (Å²) in [6.45, 7) is 8.00. The van der Waals surface area contributed by atoms with Crippen molar-refractivity contribution in [1.29, 1.82) is 0 Å². The second kappa shape index (κ2) is 14.8. The minimum atomic E-state index is -0.584. The number of methoxy groups -OCH3 is 1. The molecule has 1 N–H and O–H groups in total. The average molecular weight is 599 g/mol. The highest BCUT2D eigenvalue weighted by atomic mass is 19.1. The lowest BCUT2D eigenvalue weighted by Gasteiger charge is -2.30. The van der Waals surface area contributed by atoms with Crippen molar-refractivity contribution in [2.75, 3.05) is 33.4 Å². The number of aromatic nitrogens is 1. The fourth-order valence-electron chi connectivity index (χ4n) is 5.22. The van der Waals surface area contributed by atoms with E-state index in [2.05, 4.69) is 27.3 Å². The van der Waals surface area contributed by atoms with E-state index < -0.39 is 5.82 Å². The lowest BCUT2D eigenvalue weighted by Crippen LogP contribution is -2.34. The standard InChI is InChI=1S/C35H39FN4O4/c1-24-13-17-40(18-14-24)16-7-19-43-34-23-30-28(22-33(34)42-3)31(12-15-37-30)44-32-11-10-26(20-29(32)36)21-35(41)39-38-25(2)27-8-5-4-6-9-27/h4-6,8-12,15,20,22-24H,7,13-14,16-19,21H2,1-3H3,(H,39,41)/b38-25-. The molecule has 9 heteroatoms. The number of benzene rings is 3. The third-order valence-electron chi connectivity index (χ3n) is 7.86. The zero-order chi connectivity index (χ0) is 30.9. The van der Waals surface area contributed by atoms with Crippen LogP contribution in [0.5, 0.6) is 23.0 Å². The molecule has 0 atom stereocenters. The number of hydrogen-bond donors (Lipinski definition) is 1. The van der Waals surface area contributed by atoms with Crippen LogP contribution in [0.25, 0.3) is 10.9 Å². The summed E-state index contributed by atoms with van der Waals surface area (Å²) < 4.78 is 32.8. The Morgan fingerprint density at radius 2 is 1.82 bits per heavy atom. The van der Waals surface area contributed by atoms with Crippen LogP contribution in [0.3, 0.4) is 0 Å². The number of fused-ring (bicyclic) bond motifs is 1. The number of likely N-dealkylation sites (tertiary alicyclic amines) is 1. The molecule has 1 aliphatic heterocycles. The molecule has 1 aromatic heterocycles. The summed E-state index contributed by atoms with van der Waals surface area (Å²) in [5.74, 6) is 1.50. The Kier molecular flexibility index (Phi) is 10.4. The van der Waals surface area contributed by atoms with Crippen molar-refractivity contribution in [2.24, 2.45) is 11.0 Å². The van der Waals surface area contributed by atoms with Gasteiger partial charge in [0.05, 0.1) is 31.4 Å². The van der Waals surface area contributed by atoms with Crippen LogP contribution in [-0.2, 0) is 11.2 Å². The molecule has 44 heavy (non-hydrogen) atoms. The van der Waals surface area contributed by atoms with Crippen LogP contribution in [0, 0.1) is 11.7 Å². The lowest BCUT2D eigenvalue weighted by molar-refractivity contribution is -0.120. The Labute approximate surface area is 257 Å². The number of nitrogens with zero attached hydrogens (tertiary/aromatic N) is 3. The molecule has 8 nitrogen and oxygen atoms in total. The van der Waals surface area contributed by atoms with Crippen molar-refractivity contribution in [3.05, 3.63) is 89.9 Å². The number of halogens is 1. The van der Waals surface area contributed by atoms with Gasteiger partial charge < -0.3 is 19.1 Å². The first-order valence-corrected chi connectivity index (χ1v) is 15.1.